The number of benzene rings is 1. The molecule has 0 saturated heterocycles. The largest absolute Gasteiger partial charge is 0.299 e. The van der Waals surface area contributed by atoms with Crippen molar-refractivity contribution in [2.24, 2.45) is 0 Å². The van der Waals surface area contributed by atoms with Crippen LogP contribution in [0.4, 0.5) is 0 Å². The van der Waals surface area contributed by atoms with Crippen molar-refractivity contribution in [3.05, 3.63) is 33.8 Å². The van der Waals surface area contributed by atoms with Crippen LogP contribution in [0.15, 0.2) is 18.2 Å². The van der Waals surface area contributed by atoms with E-state index in [4.69, 9.17) is 23.2 Å². The second kappa shape index (κ2) is 4.56. The molecule has 0 unspecified atom stereocenters. The van der Waals surface area contributed by atoms with Gasteiger partial charge >= 0.3 is 0 Å². The molecule has 1 saturated carbocycles. The van der Waals surface area contributed by atoms with E-state index in [9.17, 15) is 9.59 Å². The minimum Gasteiger partial charge on any atom is -0.299 e. The number of Topliss-reactive ketones (excluding diaryl/α,β-unsaturated/α-hetero) is 2. The third-order valence-electron chi connectivity index (χ3n) is 2.74. The van der Waals surface area contributed by atoms with E-state index >= 15 is 0 Å². The molecule has 0 aromatic heterocycles. The summed E-state index contributed by atoms with van der Waals surface area (Å²) in [6, 6.07) is 5.16. The van der Waals surface area contributed by atoms with Crippen molar-refractivity contribution < 1.29 is 9.59 Å². The molecule has 0 N–H and O–H groups in total. The van der Waals surface area contributed by atoms with E-state index in [1.165, 1.54) is 0 Å². The zero-order valence-corrected chi connectivity index (χ0v) is 10.0. The molecule has 0 radical (unpaired) electrons. The van der Waals surface area contributed by atoms with Gasteiger partial charge in [-0.3, -0.25) is 9.59 Å². The number of hydrogen-bond acceptors (Lipinski definition) is 2. The third kappa shape index (κ3) is 2.45. The SMILES string of the molecule is O=C1CC(=O)CC(c2ccc(Cl)cc2Cl)C1. The molecule has 1 aromatic carbocycles. The predicted octanol–water partition coefficient (Wildman–Crippen LogP) is 3.40. The van der Waals surface area contributed by atoms with E-state index in [1.807, 2.05) is 0 Å². The summed E-state index contributed by atoms with van der Waals surface area (Å²) in [5.41, 5.74) is 0.840. The van der Waals surface area contributed by atoms with E-state index in [2.05, 4.69) is 0 Å². The summed E-state index contributed by atoms with van der Waals surface area (Å²) in [6.07, 6.45) is 0.863. The van der Waals surface area contributed by atoms with Crippen LogP contribution in [-0.4, -0.2) is 11.6 Å². The number of ketones is 2. The highest BCUT2D eigenvalue weighted by molar-refractivity contribution is 6.35. The summed E-state index contributed by atoms with van der Waals surface area (Å²) >= 11 is 11.8. The minimum absolute atomic E-state index is 0.00716. The molecule has 1 aromatic rings. The lowest BCUT2D eigenvalue weighted by atomic mass is 9.83. The van der Waals surface area contributed by atoms with Gasteiger partial charge in [-0.15, -0.1) is 0 Å². The summed E-state index contributed by atoms with van der Waals surface area (Å²) in [5.74, 6) is -0.0990. The Bertz CT molecular complexity index is 438. The van der Waals surface area contributed by atoms with Gasteiger partial charge in [-0.2, -0.15) is 0 Å². The van der Waals surface area contributed by atoms with Gasteiger partial charge in [0.2, 0.25) is 0 Å². The molecule has 1 aliphatic carbocycles. The highest BCUT2D eigenvalue weighted by Gasteiger charge is 2.27. The minimum atomic E-state index is -0.0847. The molecule has 1 fully saturated rings. The van der Waals surface area contributed by atoms with Crippen molar-refractivity contribution in [2.45, 2.75) is 25.2 Å². The molecular formula is C12H10Cl2O2. The molecule has 0 bridgehead atoms. The Morgan fingerprint density at radius 1 is 1.06 bits per heavy atom. The van der Waals surface area contributed by atoms with Crippen LogP contribution in [0.25, 0.3) is 0 Å². The van der Waals surface area contributed by atoms with Crippen LogP contribution in [0.2, 0.25) is 10.0 Å². The Hall–Kier alpha value is -0.860. The van der Waals surface area contributed by atoms with E-state index in [1.54, 1.807) is 18.2 Å². The van der Waals surface area contributed by atoms with Gasteiger partial charge in [0.05, 0.1) is 6.42 Å². The average molecular weight is 257 g/mol. The highest BCUT2D eigenvalue weighted by atomic mass is 35.5. The van der Waals surface area contributed by atoms with Gasteiger partial charge in [0.15, 0.2) is 0 Å². The van der Waals surface area contributed by atoms with Gasteiger partial charge in [0, 0.05) is 22.9 Å². The fourth-order valence-corrected chi connectivity index (χ4v) is 2.60. The Morgan fingerprint density at radius 2 is 1.69 bits per heavy atom. The first kappa shape index (κ1) is 11.6. The van der Waals surface area contributed by atoms with Crippen LogP contribution in [0.1, 0.15) is 30.7 Å². The third-order valence-corrected chi connectivity index (χ3v) is 3.31. The maximum atomic E-state index is 11.3. The van der Waals surface area contributed by atoms with Crippen LogP contribution in [0, 0.1) is 0 Å². The van der Waals surface area contributed by atoms with Crippen LogP contribution >= 0.6 is 23.2 Å². The summed E-state index contributed by atoms with van der Waals surface area (Å²) < 4.78 is 0. The van der Waals surface area contributed by atoms with E-state index < -0.39 is 0 Å². The zero-order chi connectivity index (χ0) is 11.7. The van der Waals surface area contributed by atoms with Crippen molar-refractivity contribution in [3.63, 3.8) is 0 Å². The van der Waals surface area contributed by atoms with Crippen molar-refractivity contribution in [3.8, 4) is 0 Å². The van der Waals surface area contributed by atoms with Crippen LogP contribution < -0.4 is 0 Å². The first-order valence-corrected chi connectivity index (χ1v) is 5.80. The fourth-order valence-electron chi connectivity index (χ4n) is 2.04. The summed E-state index contributed by atoms with van der Waals surface area (Å²) in [7, 11) is 0. The molecule has 16 heavy (non-hydrogen) atoms. The lowest BCUT2D eigenvalue weighted by Crippen LogP contribution is -2.21. The monoisotopic (exact) mass is 256 g/mol. The van der Waals surface area contributed by atoms with Crippen molar-refractivity contribution >= 4 is 34.8 Å². The quantitative estimate of drug-likeness (QED) is 0.722. The van der Waals surface area contributed by atoms with Gasteiger partial charge in [0.1, 0.15) is 11.6 Å². The Morgan fingerprint density at radius 3 is 2.25 bits per heavy atom. The first-order valence-electron chi connectivity index (χ1n) is 5.04. The van der Waals surface area contributed by atoms with Crippen LogP contribution in [0.3, 0.4) is 0 Å². The Kier molecular flexibility index (Phi) is 3.31. The average Bonchev–Trinajstić information content (AvgIpc) is 2.15. The maximum absolute atomic E-state index is 11.3. The molecule has 0 spiro atoms. The van der Waals surface area contributed by atoms with Gasteiger partial charge < -0.3 is 0 Å². The van der Waals surface area contributed by atoms with Gasteiger partial charge in [-0.1, -0.05) is 29.3 Å². The molecule has 1 aliphatic rings. The number of rotatable bonds is 1. The van der Waals surface area contributed by atoms with E-state index in [0.29, 0.717) is 22.9 Å². The molecule has 2 nitrogen and oxygen atoms in total. The van der Waals surface area contributed by atoms with Crippen LogP contribution in [-0.2, 0) is 9.59 Å². The lowest BCUT2D eigenvalue weighted by Gasteiger charge is -2.21. The summed E-state index contributed by atoms with van der Waals surface area (Å²) in [5, 5.41) is 1.09. The fraction of sp³-hybridized carbons (Fsp3) is 0.333. The van der Waals surface area contributed by atoms with Gasteiger partial charge in [-0.25, -0.2) is 0 Å². The van der Waals surface area contributed by atoms with Gasteiger partial charge in [0.25, 0.3) is 0 Å². The lowest BCUT2D eigenvalue weighted by molar-refractivity contribution is -0.130. The molecule has 0 heterocycles. The van der Waals surface area contributed by atoms with Crippen molar-refractivity contribution in [2.75, 3.05) is 0 Å². The molecule has 2 rings (SSSR count). The second-order valence-electron chi connectivity index (χ2n) is 4.03. The molecular weight excluding hydrogens is 247 g/mol. The van der Waals surface area contributed by atoms with Crippen molar-refractivity contribution in [1.82, 2.24) is 0 Å². The van der Waals surface area contributed by atoms with Crippen LogP contribution in [0.5, 0.6) is 0 Å². The predicted molar refractivity (Wildman–Crippen MR) is 63.1 cm³/mol. The molecule has 4 heteroatoms. The number of carbonyl (C=O) groups is 2. The molecule has 0 aliphatic heterocycles. The van der Waals surface area contributed by atoms with Crippen molar-refractivity contribution in [1.29, 1.82) is 0 Å². The topological polar surface area (TPSA) is 34.1 Å². The molecule has 84 valence electrons. The number of hydrogen-bond donors (Lipinski definition) is 0. The number of carbonyl (C=O) groups excluding carboxylic acids is 2. The second-order valence-corrected chi connectivity index (χ2v) is 4.87. The molecule has 0 atom stereocenters. The van der Waals surface area contributed by atoms with E-state index in [-0.39, 0.29) is 23.9 Å². The Balaban J connectivity index is 2.29. The standard InChI is InChI=1S/C12H10Cl2O2/c13-8-1-2-11(12(14)5-8)7-3-9(15)6-10(16)4-7/h1-2,5,7H,3-4,6H2. The number of halogens is 2. The van der Waals surface area contributed by atoms with Gasteiger partial charge in [-0.05, 0) is 23.6 Å². The highest BCUT2D eigenvalue weighted by Crippen LogP contribution is 2.34. The maximum Gasteiger partial charge on any atom is 0.140 e. The zero-order valence-electron chi connectivity index (χ0n) is 8.50. The Labute approximate surface area is 104 Å². The normalized spacial score (nSPS) is 17.9. The smallest absolute Gasteiger partial charge is 0.140 e. The summed E-state index contributed by atoms with van der Waals surface area (Å²) in [4.78, 5) is 22.7. The van der Waals surface area contributed by atoms with E-state index in [0.717, 1.165) is 5.56 Å². The first-order chi connectivity index (χ1) is 7.56. The summed E-state index contributed by atoms with van der Waals surface area (Å²) in [6.45, 7) is 0. The molecule has 0 amide bonds.